The molecule has 0 heterocycles. The van der Waals surface area contributed by atoms with Gasteiger partial charge in [0, 0.05) is 11.1 Å². The predicted octanol–water partition coefficient (Wildman–Crippen LogP) is 7.71. The highest BCUT2D eigenvalue weighted by molar-refractivity contribution is 5.72. The molecule has 3 aromatic carbocycles. The van der Waals surface area contributed by atoms with E-state index in [1.807, 2.05) is 31.2 Å². The molecule has 152 valence electrons. The van der Waals surface area contributed by atoms with Crippen molar-refractivity contribution in [1.29, 1.82) is 0 Å². The van der Waals surface area contributed by atoms with Crippen LogP contribution in [0, 0.1) is 24.4 Å². The van der Waals surface area contributed by atoms with Gasteiger partial charge >= 0.3 is 0 Å². The first-order valence-corrected chi connectivity index (χ1v) is 9.99. The SMILES string of the molecule is CCCCCCOc1ccc(-c2ccc(-c3ccc(C)cc3)c(F)c2)c(F)c1F. The first kappa shape index (κ1) is 21.0. The number of ether oxygens (including phenoxy) is 1. The monoisotopic (exact) mass is 398 g/mol. The van der Waals surface area contributed by atoms with Gasteiger partial charge in [-0.1, -0.05) is 68.1 Å². The fraction of sp³-hybridized carbons (Fsp3) is 0.280. The average Bonchev–Trinajstić information content (AvgIpc) is 2.72. The quantitative estimate of drug-likeness (QED) is 0.353. The number of benzene rings is 3. The van der Waals surface area contributed by atoms with Crippen molar-refractivity contribution in [2.75, 3.05) is 6.61 Å². The van der Waals surface area contributed by atoms with E-state index in [0.717, 1.165) is 36.8 Å². The molecule has 0 atom stereocenters. The molecule has 0 saturated heterocycles. The lowest BCUT2D eigenvalue weighted by atomic mass is 9.98. The molecular formula is C25H25F3O. The Hall–Kier alpha value is -2.75. The van der Waals surface area contributed by atoms with Gasteiger partial charge < -0.3 is 4.74 Å². The largest absolute Gasteiger partial charge is 0.490 e. The van der Waals surface area contributed by atoms with Gasteiger partial charge in [-0.15, -0.1) is 0 Å². The highest BCUT2D eigenvalue weighted by Crippen LogP contribution is 2.33. The molecule has 0 aliphatic heterocycles. The van der Waals surface area contributed by atoms with Gasteiger partial charge in [-0.25, -0.2) is 8.78 Å². The zero-order chi connectivity index (χ0) is 20.8. The third kappa shape index (κ3) is 5.00. The Kier molecular flexibility index (Phi) is 6.97. The van der Waals surface area contributed by atoms with Crippen LogP contribution in [0.4, 0.5) is 13.2 Å². The summed E-state index contributed by atoms with van der Waals surface area (Å²) < 4.78 is 49.0. The Morgan fingerprint density at radius 2 is 1.41 bits per heavy atom. The van der Waals surface area contributed by atoms with Crippen LogP contribution in [-0.4, -0.2) is 6.61 Å². The minimum atomic E-state index is -1.04. The Labute approximate surface area is 170 Å². The summed E-state index contributed by atoms with van der Waals surface area (Å²) in [6.45, 7) is 4.40. The van der Waals surface area contributed by atoms with E-state index in [9.17, 15) is 13.2 Å². The summed E-state index contributed by atoms with van der Waals surface area (Å²) >= 11 is 0. The van der Waals surface area contributed by atoms with E-state index < -0.39 is 17.5 Å². The van der Waals surface area contributed by atoms with Crippen molar-refractivity contribution in [2.45, 2.75) is 39.5 Å². The fourth-order valence-electron chi connectivity index (χ4n) is 3.23. The maximum absolute atomic E-state index is 14.7. The van der Waals surface area contributed by atoms with Crippen LogP contribution in [0.2, 0.25) is 0 Å². The van der Waals surface area contributed by atoms with Gasteiger partial charge in [0.25, 0.3) is 0 Å². The highest BCUT2D eigenvalue weighted by atomic mass is 19.2. The van der Waals surface area contributed by atoms with Crippen LogP contribution < -0.4 is 4.74 Å². The highest BCUT2D eigenvalue weighted by Gasteiger charge is 2.17. The van der Waals surface area contributed by atoms with Gasteiger partial charge in [0.2, 0.25) is 5.82 Å². The van der Waals surface area contributed by atoms with Crippen LogP contribution >= 0.6 is 0 Å². The second kappa shape index (κ2) is 9.64. The number of aryl methyl sites for hydroxylation is 1. The zero-order valence-electron chi connectivity index (χ0n) is 16.8. The molecule has 0 fully saturated rings. The Bertz CT molecular complexity index is 965. The van der Waals surface area contributed by atoms with Crippen LogP contribution in [0.1, 0.15) is 38.2 Å². The molecule has 3 rings (SSSR count). The molecule has 0 aromatic heterocycles. The zero-order valence-corrected chi connectivity index (χ0v) is 16.8. The van der Waals surface area contributed by atoms with E-state index in [1.54, 1.807) is 12.1 Å². The molecule has 0 bridgehead atoms. The topological polar surface area (TPSA) is 9.23 Å². The van der Waals surface area contributed by atoms with Crippen molar-refractivity contribution >= 4 is 0 Å². The molecule has 0 aliphatic rings. The maximum atomic E-state index is 14.7. The van der Waals surface area contributed by atoms with Crippen LogP contribution in [0.15, 0.2) is 54.6 Å². The van der Waals surface area contributed by atoms with E-state index >= 15 is 0 Å². The predicted molar refractivity (Wildman–Crippen MR) is 112 cm³/mol. The molecule has 0 radical (unpaired) electrons. The smallest absolute Gasteiger partial charge is 0.201 e. The third-order valence-corrected chi connectivity index (χ3v) is 4.94. The van der Waals surface area contributed by atoms with Crippen LogP contribution in [0.5, 0.6) is 5.75 Å². The maximum Gasteiger partial charge on any atom is 0.201 e. The summed E-state index contributed by atoms with van der Waals surface area (Å²) in [7, 11) is 0. The summed E-state index contributed by atoms with van der Waals surface area (Å²) in [6.07, 6.45) is 3.97. The van der Waals surface area contributed by atoms with Gasteiger partial charge in [0.1, 0.15) is 5.82 Å². The molecule has 29 heavy (non-hydrogen) atoms. The minimum absolute atomic E-state index is 0.00943. The molecule has 3 aromatic rings. The normalized spacial score (nSPS) is 10.9. The molecule has 0 amide bonds. The lowest BCUT2D eigenvalue weighted by Gasteiger charge is -2.12. The van der Waals surface area contributed by atoms with Crippen LogP contribution in [0.25, 0.3) is 22.3 Å². The Morgan fingerprint density at radius 1 is 0.724 bits per heavy atom. The van der Waals surface area contributed by atoms with Crippen molar-refractivity contribution in [1.82, 2.24) is 0 Å². The molecule has 0 saturated carbocycles. The first-order chi connectivity index (χ1) is 14.0. The van der Waals surface area contributed by atoms with Crippen molar-refractivity contribution < 1.29 is 17.9 Å². The summed E-state index contributed by atoms with van der Waals surface area (Å²) in [6, 6.07) is 14.7. The molecule has 0 aliphatic carbocycles. The lowest BCUT2D eigenvalue weighted by molar-refractivity contribution is 0.285. The average molecular weight is 398 g/mol. The fourth-order valence-corrected chi connectivity index (χ4v) is 3.23. The Morgan fingerprint density at radius 3 is 2.10 bits per heavy atom. The summed E-state index contributed by atoms with van der Waals surface area (Å²) in [5.41, 5.74) is 2.52. The Balaban J connectivity index is 1.80. The third-order valence-electron chi connectivity index (χ3n) is 4.94. The van der Waals surface area contributed by atoms with Gasteiger partial charge in [0.05, 0.1) is 6.61 Å². The van der Waals surface area contributed by atoms with E-state index in [4.69, 9.17) is 4.74 Å². The molecule has 0 N–H and O–H groups in total. The van der Waals surface area contributed by atoms with Crippen molar-refractivity contribution in [3.63, 3.8) is 0 Å². The first-order valence-electron chi connectivity index (χ1n) is 9.99. The van der Waals surface area contributed by atoms with Crippen LogP contribution in [-0.2, 0) is 0 Å². The lowest BCUT2D eigenvalue weighted by Crippen LogP contribution is -2.02. The van der Waals surface area contributed by atoms with Gasteiger partial charge in [-0.3, -0.25) is 0 Å². The van der Waals surface area contributed by atoms with E-state index in [2.05, 4.69) is 6.92 Å². The van der Waals surface area contributed by atoms with E-state index in [1.165, 1.54) is 18.2 Å². The van der Waals surface area contributed by atoms with E-state index in [-0.39, 0.29) is 16.9 Å². The summed E-state index contributed by atoms with van der Waals surface area (Å²) in [5.74, 6) is -2.67. The van der Waals surface area contributed by atoms with Crippen LogP contribution in [0.3, 0.4) is 0 Å². The second-order valence-corrected chi connectivity index (χ2v) is 7.21. The van der Waals surface area contributed by atoms with Gasteiger partial charge in [-0.2, -0.15) is 4.39 Å². The molecule has 0 spiro atoms. The molecule has 4 heteroatoms. The van der Waals surface area contributed by atoms with Gasteiger partial charge in [-0.05, 0) is 42.7 Å². The standard InChI is InChI=1S/C25H25F3O/c1-3-4-5-6-15-29-23-14-13-21(24(27)25(23)28)19-11-12-20(22(26)16-19)18-9-7-17(2)8-10-18/h7-14,16H,3-6,15H2,1-2H3. The minimum Gasteiger partial charge on any atom is -0.490 e. The summed E-state index contributed by atoms with van der Waals surface area (Å²) in [4.78, 5) is 0. The van der Waals surface area contributed by atoms with E-state index in [0.29, 0.717) is 12.2 Å². The number of unbranched alkanes of at least 4 members (excludes halogenated alkanes) is 3. The summed E-state index contributed by atoms with van der Waals surface area (Å²) in [5, 5.41) is 0. The number of hydrogen-bond donors (Lipinski definition) is 0. The second-order valence-electron chi connectivity index (χ2n) is 7.21. The van der Waals surface area contributed by atoms with Gasteiger partial charge in [0.15, 0.2) is 11.6 Å². The van der Waals surface area contributed by atoms with Crippen molar-refractivity contribution in [3.05, 3.63) is 77.6 Å². The number of hydrogen-bond acceptors (Lipinski definition) is 1. The molecular weight excluding hydrogens is 373 g/mol. The molecule has 1 nitrogen and oxygen atoms in total. The number of rotatable bonds is 8. The van der Waals surface area contributed by atoms with Crippen molar-refractivity contribution in [3.8, 4) is 28.0 Å². The molecule has 0 unspecified atom stereocenters. The van der Waals surface area contributed by atoms with Crippen molar-refractivity contribution in [2.24, 2.45) is 0 Å². The number of halogens is 3.